The fraction of sp³-hybridized carbons (Fsp3) is 0.458. The molecule has 1 heterocycles. The largest absolute Gasteiger partial charge is 0.480 e. The minimum Gasteiger partial charge on any atom is -0.480 e. The molecule has 0 bridgehead atoms. The van der Waals surface area contributed by atoms with E-state index >= 15 is 0 Å². The Morgan fingerprint density at radius 3 is 2.22 bits per heavy atom. The molecule has 0 saturated heterocycles. The third-order valence-corrected chi connectivity index (χ3v) is 5.57. The molecule has 12 heteroatoms. The van der Waals surface area contributed by atoms with E-state index in [0.717, 1.165) is 10.9 Å². The fourth-order valence-electron chi connectivity index (χ4n) is 3.78. The Bertz CT molecular complexity index is 1100. The van der Waals surface area contributed by atoms with E-state index in [-0.39, 0.29) is 38.1 Å². The van der Waals surface area contributed by atoms with Crippen molar-refractivity contribution in [1.82, 2.24) is 20.9 Å². The monoisotopic (exact) mass is 502 g/mol. The Morgan fingerprint density at radius 2 is 1.61 bits per heavy atom. The molecule has 12 nitrogen and oxygen atoms in total. The van der Waals surface area contributed by atoms with Gasteiger partial charge >= 0.3 is 5.97 Å². The molecule has 0 radical (unpaired) electrons. The van der Waals surface area contributed by atoms with Crippen LogP contribution in [0.25, 0.3) is 10.9 Å². The average molecular weight is 503 g/mol. The summed E-state index contributed by atoms with van der Waals surface area (Å²) < 4.78 is 0. The topological polar surface area (TPSA) is 209 Å². The zero-order valence-electron chi connectivity index (χ0n) is 20.4. The number of nitrogens with one attached hydrogen (secondary N) is 4. The van der Waals surface area contributed by atoms with Crippen molar-refractivity contribution in [3.05, 3.63) is 36.0 Å². The van der Waals surface area contributed by atoms with Gasteiger partial charge in [0.1, 0.15) is 18.1 Å². The zero-order valence-corrected chi connectivity index (χ0v) is 20.4. The number of para-hydroxylation sites is 1. The van der Waals surface area contributed by atoms with Gasteiger partial charge in [-0.3, -0.25) is 19.2 Å². The molecule has 36 heavy (non-hydrogen) atoms. The van der Waals surface area contributed by atoms with Crippen molar-refractivity contribution in [2.45, 2.75) is 57.7 Å². The quantitative estimate of drug-likeness (QED) is 0.180. The molecule has 4 amide bonds. The lowest BCUT2D eigenvalue weighted by Crippen LogP contribution is -2.56. The molecule has 9 N–H and O–H groups in total. The summed E-state index contributed by atoms with van der Waals surface area (Å²) in [6.07, 6.45) is 1.58. The van der Waals surface area contributed by atoms with Crippen LogP contribution < -0.4 is 27.4 Å². The standard InChI is InChI=1S/C24H34N6O6/c1-13(2)9-18(28-21(32)11-25)23(34)29-17(7-8-20(26)31)22(33)30-19(24(35)36)10-14-12-27-16-6-4-3-5-15(14)16/h3-6,12-13,17-19,27H,7-11,25H2,1-2H3,(H2,26,31)(H,28,32)(H,29,34)(H,30,33)(H,35,36). The molecule has 0 spiro atoms. The number of aromatic nitrogens is 1. The number of carboxylic acids is 1. The van der Waals surface area contributed by atoms with Crippen LogP contribution in [0.15, 0.2) is 30.5 Å². The van der Waals surface area contributed by atoms with Crippen LogP contribution in [0, 0.1) is 5.92 Å². The zero-order chi connectivity index (χ0) is 26.8. The van der Waals surface area contributed by atoms with Crippen LogP contribution in [-0.4, -0.2) is 64.4 Å². The van der Waals surface area contributed by atoms with Crippen molar-refractivity contribution < 1.29 is 29.1 Å². The van der Waals surface area contributed by atoms with Crippen molar-refractivity contribution in [1.29, 1.82) is 0 Å². The minimum absolute atomic E-state index is 0.00982. The molecule has 196 valence electrons. The number of hydrogen-bond acceptors (Lipinski definition) is 6. The van der Waals surface area contributed by atoms with Gasteiger partial charge in [-0.25, -0.2) is 4.79 Å². The van der Waals surface area contributed by atoms with E-state index in [0.29, 0.717) is 5.56 Å². The maximum atomic E-state index is 13.1. The third-order valence-electron chi connectivity index (χ3n) is 5.57. The van der Waals surface area contributed by atoms with Gasteiger partial charge in [0, 0.05) is 29.9 Å². The first kappa shape index (κ1) is 28.3. The van der Waals surface area contributed by atoms with Crippen LogP contribution in [-0.2, 0) is 30.4 Å². The van der Waals surface area contributed by atoms with Crippen LogP contribution in [0.4, 0.5) is 0 Å². The van der Waals surface area contributed by atoms with E-state index < -0.39 is 47.7 Å². The van der Waals surface area contributed by atoms with E-state index in [1.165, 1.54) is 0 Å². The Balaban J connectivity index is 2.19. The van der Waals surface area contributed by atoms with Gasteiger partial charge in [-0.2, -0.15) is 0 Å². The molecular formula is C24H34N6O6. The number of hydrogen-bond donors (Lipinski definition) is 7. The Hall–Kier alpha value is -3.93. The highest BCUT2D eigenvalue weighted by Crippen LogP contribution is 2.19. The number of rotatable bonds is 14. The summed E-state index contributed by atoms with van der Waals surface area (Å²) in [4.78, 5) is 64.1. The van der Waals surface area contributed by atoms with Crippen LogP contribution in [0.2, 0.25) is 0 Å². The summed E-state index contributed by atoms with van der Waals surface area (Å²) in [7, 11) is 0. The van der Waals surface area contributed by atoms with Crippen LogP contribution in [0.1, 0.15) is 38.7 Å². The predicted octanol–water partition coefficient (Wildman–Crippen LogP) is -0.480. The summed E-state index contributed by atoms with van der Waals surface area (Å²) in [6.45, 7) is 3.39. The molecule has 0 aliphatic carbocycles. The van der Waals surface area contributed by atoms with Gasteiger partial charge in [0.25, 0.3) is 0 Å². The van der Waals surface area contributed by atoms with E-state index in [2.05, 4.69) is 20.9 Å². The maximum absolute atomic E-state index is 13.1. The first-order chi connectivity index (χ1) is 17.0. The lowest BCUT2D eigenvalue weighted by atomic mass is 10.0. The molecule has 2 aromatic rings. The molecule has 2 rings (SSSR count). The SMILES string of the molecule is CC(C)CC(NC(=O)CN)C(=O)NC(CCC(N)=O)C(=O)NC(Cc1c[nH]c2ccccc12)C(=O)O. The highest BCUT2D eigenvalue weighted by Gasteiger charge is 2.30. The second kappa shape index (κ2) is 13.2. The highest BCUT2D eigenvalue weighted by molar-refractivity contribution is 5.94. The number of carbonyl (C=O) groups excluding carboxylic acids is 4. The Morgan fingerprint density at radius 1 is 0.972 bits per heavy atom. The predicted molar refractivity (Wildman–Crippen MR) is 132 cm³/mol. The molecule has 0 fully saturated rings. The van der Waals surface area contributed by atoms with Crippen molar-refractivity contribution >= 4 is 40.5 Å². The lowest BCUT2D eigenvalue weighted by molar-refractivity contribution is -0.142. The van der Waals surface area contributed by atoms with E-state index in [1.807, 2.05) is 38.1 Å². The van der Waals surface area contributed by atoms with Gasteiger partial charge in [-0.05, 0) is 30.4 Å². The van der Waals surface area contributed by atoms with Crippen molar-refractivity contribution in [3.63, 3.8) is 0 Å². The number of H-pyrrole nitrogens is 1. The van der Waals surface area contributed by atoms with E-state index in [1.54, 1.807) is 6.20 Å². The van der Waals surface area contributed by atoms with E-state index in [4.69, 9.17) is 11.5 Å². The molecule has 0 aliphatic heterocycles. The molecule has 3 atom stereocenters. The summed E-state index contributed by atoms with van der Waals surface area (Å²) >= 11 is 0. The van der Waals surface area contributed by atoms with E-state index in [9.17, 15) is 29.1 Å². The van der Waals surface area contributed by atoms with Crippen LogP contribution in [0.5, 0.6) is 0 Å². The lowest BCUT2D eigenvalue weighted by Gasteiger charge is -2.25. The summed E-state index contributed by atoms with van der Waals surface area (Å²) in [5, 5.41) is 18.1. The van der Waals surface area contributed by atoms with Crippen molar-refractivity contribution in [3.8, 4) is 0 Å². The molecule has 0 saturated carbocycles. The number of fused-ring (bicyclic) bond motifs is 1. The number of aliphatic carboxylic acids is 1. The second-order valence-corrected chi connectivity index (χ2v) is 8.98. The number of primary amides is 1. The number of benzene rings is 1. The van der Waals surface area contributed by atoms with Crippen molar-refractivity contribution in [2.75, 3.05) is 6.54 Å². The second-order valence-electron chi connectivity index (χ2n) is 8.98. The minimum atomic E-state index is -1.30. The smallest absolute Gasteiger partial charge is 0.326 e. The van der Waals surface area contributed by atoms with Gasteiger partial charge in [-0.1, -0.05) is 32.0 Å². The summed E-state index contributed by atoms with van der Waals surface area (Å²) in [5.41, 5.74) is 12.1. The number of carbonyl (C=O) groups is 5. The molecule has 3 unspecified atom stereocenters. The third kappa shape index (κ3) is 8.38. The van der Waals surface area contributed by atoms with Crippen LogP contribution >= 0.6 is 0 Å². The molecule has 1 aromatic heterocycles. The first-order valence-corrected chi connectivity index (χ1v) is 11.7. The maximum Gasteiger partial charge on any atom is 0.326 e. The van der Waals surface area contributed by atoms with Gasteiger partial charge in [0.15, 0.2) is 0 Å². The van der Waals surface area contributed by atoms with Gasteiger partial charge in [-0.15, -0.1) is 0 Å². The number of carboxylic acid groups (broad SMARTS) is 1. The Kier molecular flexibility index (Phi) is 10.4. The normalized spacial score (nSPS) is 13.6. The Labute approximate surface area is 208 Å². The fourth-order valence-corrected chi connectivity index (χ4v) is 3.78. The molecule has 0 aliphatic rings. The average Bonchev–Trinajstić information content (AvgIpc) is 3.22. The van der Waals surface area contributed by atoms with Crippen LogP contribution in [0.3, 0.4) is 0 Å². The van der Waals surface area contributed by atoms with Gasteiger partial charge in [0.2, 0.25) is 23.6 Å². The molecular weight excluding hydrogens is 468 g/mol. The first-order valence-electron chi connectivity index (χ1n) is 11.7. The molecule has 1 aromatic carbocycles. The van der Waals surface area contributed by atoms with Gasteiger partial charge < -0.3 is 37.5 Å². The summed E-state index contributed by atoms with van der Waals surface area (Å²) in [6, 6.07) is 3.83. The number of nitrogens with two attached hydrogens (primary N) is 2. The van der Waals surface area contributed by atoms with Crippen molar-refractivity contribution in [2.24, 2.45) is 17.4 Å². The highest BCUT2D eigenvalue weighted by atomic mass is 16.4. The number of amides is 4. The number of aromatic amines is 1. The van der Waals surface area contributed by atoms with Gasteiger partial charge in [0.05, 0.1) is 6.54 Å². The summed E-state index contributed by atoms with van der Waals surface area (Å²) in [5.74, 6) is -3.90.